The summed E-state index contributed by atoms with van der Waals surface area (Å²) in [6.45, 7) is 10.4. The minimum Gasteiger partial charge on any atom is -0.491 e. The van der Waals surface area contributed by atoms with Crippen LogP contribution < -0.4 is 15.1 Å². The lowest BCUT2D eigenvalue weighted by Gasteiger charge is -2.22. The second-order valence-corrected chi connectivity index (χ2v) is 10.7. The average Bonchev–Trinajstić information content (AvgIpc) is 3.20. The SMILES string of the molecule is CCC(CC)Oc1nn2c(=N)n(CC(=O)c3cc(OCCO)cc(C(C)(C)C)c3)nc2c2c1CCCC2.Cl. The van der Waals surface area contributed by atoms with Gasteiger partial charge in [-0.15, -0.1) is 22.6 Å². The van der Waals surface area contributed by atoms with Gasteiger partial charge >= 0.3 is 0 Å². The molecule has 1 aliphatic rings. The normalized spacial score (nSPS) is 13.3. The summed E-state index contributed by atoms with van der Waals surface area (Å²) in [5.41, 5.74) is 4.05. The molecule has 208 valence electrons. The molecule has 38 heavy (non-hydrogen) atoms. The number of rotatable bonds is 10. The van der Waals surface area contributed by atoms with Crippen LogP contribution in [0.3, 0.4) is 0 Å². The smallest absolute Gasteiger partial charge is 0.242 e. The number of halogens is 1. The number of aromatic nitrogens is 4. The molecule has 0 amide bonds. The van der Waals surface area contributed by atoms with Crippen LogP contribution in [0.15, 0.2) is 18.2 Å². The summed E-state index contributed by atoms with van der Waals surface area (Å²) in [5.74, 6) is 0.947. The number of nitrogens with one attached hydrogen (secondary N) is 1. The topological polar surface area (TPSA) is 115 Å². The van der Waals surface area contributed by atoms with E-state index in [2.05, 4.69) is 44.8 Å². The summed E-state index contributed by atoms with van der Waals surface area (Å²) in [6, 6.07) is 5.46. The Balaban J connectivity index is 0.00000400. The standard InChI is InChI=1S/C28H39N5O4.ClH/c1-6-20(7-2)37-26-23-11-9-8-10-22(23)25-30-32(27(29)33(25)31-26)17-24(35)18-14-19(28(3,4)5)16-21(15-18)36-13-12-34;/h14-16,20,29,34H,6-13,17H2,1-5H3;1H. The van der Waals surface area contributed by atoms with Gasteiger partial charge < -0.3 is 14.6 Å². The summed E-state index contributed by atoms with van der Waals surface area (Å²) < 4.78 is 14.8. The van der Waals surface area contributed by atoms with Gasteiger partial charge in [-0.3, -0.25) is 10.2 Å². The molecule has 2 N–H and O–H groups in total. The van der Waals surface area contributed by atoms with Crippen molar-refractivity contribution in [3.63, 3.8) is 0 Å². The van der Waals surface area contributed by atoms with Gasteiger partial charge in [0.1, 0.15) is 18.9 Å². The predicted molar refractivity (Wildman–Crippen MR) is 148 cm³/mol. The summed E-state index contributed by atoms with van der Waals surface area (Å²) in [5, 5.41) is 27.3. The Hall–Kier alpha value is -2.91. The molecule has 0 spiro atoms. The molecule has 0 bridgehead atoms. The summed E-state index contributed by atoms with van der Waals surface area (Å²) >= 11 is 0. The van der Waals surface area contributed by atoms with E-state index < -0.39 is 0 Å². The lowest BCUT2D eigenvalue weighted by atomic mass is 9.85. The van der Waals surface area contributed by atoms with Gasteiger partial charge in [-0.05, 0) is 67.7 Å². The molecule has 0 saturated carbocycles. The van der Waals surface area contributed by atoms with Crippen molar-refractivity contribution < 1.29 is 19.4 Å². The van der Waals surface area contributed by atoms with Gasteiger partial charge in [0.05, 0.1) is 12.7 Å². The Labute approximate surface area is 230 Å². The highest BCUT2D eigenvalue weighted by Gasteiger charge is 2.25. The van der Waals surface area contributed by atoms with E-state index in [1.807, 2.05) is 12.1 Å². The number of hydrogen-bond donors (Lipinski definition) is 2. The van der Waals surface area contributed by atoms with E-state index in [-0.39, 0.29) is 55.1 Å². The highest BCUT2D eigenvalue weighted by Crippen LogP contribution is 2.31. The largest absolute Gasteiger partial charge is 0.491 e. The van der Waals surface area contributed by atoms with Crippen LogP contribution in [0.2, 0.25) is 0 Å². The van der Waals surface area contributed by atoms with Gasteiger partial charge in [0.25, 0.3) is 0 Å². The molecule has 0 saturated heterocycles. The van der Waals surface area contributed by atoms with Crippen molar-refractivity contribution in [1.82, 2.24) is 19.4 Å². The van der Waals surface area contributed by atoms with Crippen LogP contribution in [-0.2, 0) is 24.8 Å². The van der Waals surface area contributed by atoms with E-state index >= 15 is 0 Å². The number of ketones is 1. The van der Waals surface area contributed by atoms with E-state index in [1.165, 1.54) is 9.20 Å². The molecular formula is C28H40ClN5O4. The lowest BCUT2D eigenvalue weighted by Crippen LogP contribution is -2.27. The number of aliphatic hydroxyl groups is 1. The Bertz CT molecular complexity index is 1340. The number of aliphatic hydroxyl groups excluding tert-OH is 1. The minimum absolute atomic E-state index is 0. The third-order valence-electron chi connectivity index (χ3n) is 6.98. The first kappa shape index (κ1) is 29.6. The highest BCUT2D eigenvalue weighted by molar-refractivity contribution is 5.96. The monoisotopic (exact) mass is 545 g/mol. The Morgan fingerprint density at radius 2 is 1.79 bits per heavy atom. The third kappa shape index (κ3) is 6.21. The fourth-order valence-electron chi connectivity index (χ4n) is 4.72. The molecule has 0 aliphatic heterocycles. The molecular weight excluding hydrogens is 506 g/mol. The zero-order valence-electron chi connectivity index (χ0n) is 23.0. The van der Waals surface area contributed by atoms with E-state index in [0.29, 0.717) is 22.8 Å². The molecule has 0 atom stereocenters. The van der Waals surface area contributed by atoms with Crippen molar-refractivity contribution in [2.45, 2.75) is 91.2 Å². The van der Waals surface area contributed by atoms with Gasteiger partial charge in [0, 0.05) is 16.7 Å². The summed E-state index contributed by atoms with van der Waals surface area (Å²) in [7, 11) is 0. The molecule has 2 heterocycles. The van der Waals surface area contributed by atoms with Gasteiger partial charge in [-0.1, -0.05) is 34.6 Å². The molecule has 0 fully saturated rings. The molecule has 0 unspecified atom stereocenters. The van der Waals surface area contributed by atoms with Gasteiger partial charge in [-0.2, -0.15) is 4.52 Å². The second kappa shape index (κ2) is 12.3. The Morgan fingerprint density at radius 3 is 2.42 bits per heavy atom. The fraction of sp³-hybridized carbons (Fsp3) is 0.571. The van der Waals surface area contributed by atoms with Crippen molar-refractivity contribution >= 4 is 23.8 Å². The number of nitrogens with zero attached hydrogens (tertiary/aromatic N) is 4. The molecule has 3 aromatic rings. The molecule has 9 nitrogen and oxygen atoms in total. The van der Waals surface area contributed by atoms with Crippen molar-refractivity contribution in [3.8, 4) is 11.6 Å². The highest BCUT2D eigenvalue weighted by atomic mass is 35.5. The number of carbonyl (C=O) groups is 1. The summed E-state index contributed by atoms with van der Waals surface area (Å²) in [6.07, 6.45) is 5.69. The first-order valence-electron chi connectivity index (χ1n) is 13.3. The van der Waals surface area contributed by atoms with Crippen LogP contribution >= 0.6 is 12.4 Å². The number of benzene rings is 1. The van der Waals surface area contributed by atoms with Crippen LogP contribution in [0.25, 0.3) is 5.65 Å². The molecule has 10 heteroatoms. The molecule has 0 radical (unpaired) electrons. The maximum absolute atomic E-state index is 13.4. The molecule has 1 aliphatic carbocycles. The summed E-state index contributed by atoms with van der Waals surface area (Å²) in [4.78, 5) is 13.4. The Morgan fingerprint density at radius 1 is 1.11 bits per heavy atom. The van der Waals surface area contributed by atoms with Crippen molar-refractivity contribution in [1.29, 1.82) is 5.41 Å². The third-order valence-corrected chi connectivity index (χ3v) is 6.98. The Kier molecular flexibility index (Phi) is 9.59. The molecule has 4 rings (SSSR count). The number of Topliss-reactive ketones (excluding diaryl/α,β-unsaturated/α-hetero) is 1. The van der Waals surface area contributed by atoms with Crippen molar-refractivity contribution in [2.24, 2.45) is 0 Å². The van der Waals surface area contributed by atoms with E-state index in [4.69, 9.17) is 20.0 Å². The van der Waals surface area contributed by atoms with Gasteiger partial charge in [-0.25, -0.2) is 4.68 Å². The van der Waals surface area contributed by atoms with Crippen LogP contribution in [0, 0.1) is 5.41 Å². The van der Waals surface area contributed by atoms with Gasteiger partial charge in [0.15, 0.2) is 11.4 Å². The first-order chi connectivity index (χ1) is 17.7. The van der Waals surface area contributed by atoms with Crippen LogP contribution in [0.5, 0.6) is 11.6 Å². The zero-order valence-corrected chi connectivity index (χ0v) is 23.9. The van der Waals surface area contributed by atoms with E-state index in [0.717, 1.165) is 55.2 Å². The molecule has 2 aromatic heterocycles. The van der Waals surface area contributed by atoms with Crippen LogP contribution in [0.4, 0.5) is 0 Å². The fourth-order valence-corrected chi connectivity index (χ4v) is 4.72. The predicted octanol–water partition coefficient (Wildman–Crippen LogP) is 4.43. The maximum Gasteiger partial charge on any atom is 0.242 e. The van der Waals surface area contributed by atoms with Crippen molar-refractivity contribution in [2.75, 3.05) is 13.2 Å². The number of aryl methyl sites for hydroxylation is 1. The van der Waals surface area contributed by atoms with E-state index in [9.17, 15) is 4.79 Å². The maximum atomic E-state index is 13.4. The number of fused-ring (bicyclic) bond motifs is 3. The average molecular weight is 546 g/mol. The van der Waals surface area contributed by atoms with Crippen LogP contribution in [-0.4, -0.2) is 49.6 Å². The second-order valence-electron chi connectivity index (χ2n) is 10.7. The number of hydrogen-bond acceptors (Lipinski definition) is 7. The first-order valence-corrected chi connectivity index (χ1v) is 13.3. The minimum atomic E-state index is -0.196. The van der Waals surface area contributed by atoms with Gasteiger partial charge in [0.2, 0.25) is 11.5 Å². The number of ether oxygens (including phenoxy) is 2. The van der Waals surface area contributed by atoms with Crippen molar-refractivity contribution in [3.05, 3.63) is 46.1 Å². The van der Waals surface area contributed by atoms with Crippen LogP contribution in [0.1, 0.15) is 87.4 Å². The molecule has 1 aromatic carbocycles. The van der Waals surface area contributed by atoms with E-state index in [1.54, 1.807) is 6.07 Å². The number of carbonyl (C=O) groups excluding carboxylic acids is 1. The zero-order chi connectivity index (χ0) is 26.7. The lowest BCUT2D eigenvalue weighted by molar-refractivity contribution is 0.0965. The quantitative estimate of drug-likeness (QED) is 0.364.